The average Bonchev–Trinajstić information content (AvgIpc) is 2.16. The van der Waals surface area contributed by atoms with Crippen molar-refractivity contribution >= 4 is 18.4 Å². The molecule has 0 atom stereocenters. The summed E-state index contributed by atoms with van der Waals surface area (Å²) in [4.78, 5) is 12.6. The largest absolute Gasteiger partial charge is 0.492 e. The lowest BCUT2D eigenvalue weighted by Gasteiger charge is -2.11. The van der Waals surface area contributed by atoms with Gasteiger partial charge in [0.25, 0.3) is 0 Å². The number of rotatable bonds is 6. The van der Waals surface area contributed by atoms with Gasteiger partial charge >= 0.3 is 5.97 Å². The van der Waals surface area contributed by atoms with E-state index >= 15 is 0 Å². The molecule has 0 fully saturated rings. The maximum Gasteiger partial charge on any atom is 0.307 e. The molecule has 0 aliphatic heterocycles. The number of ether oxygens (including phenoxy) is 1. The smallest absolute Gasteiger partial charge is 0.307 e. The molecule has 0 aliphatic rings. The van der Waals surface area contributed by atoms with E-state index in [0.717, 1.165) is 17.9 Å². The molecule has 17 heavy (non-hydrogen) atoms. The summed E-state index contributed by atoms with van der Waals surface area (Å²) in [6, 6.07) is 7.20. The Morgan fingerprint density at radius 1 is 1.41 bits per heavy atom. The normalized spacial score (nSPS) is 9.82. The number of carbonyl (C=O) groups is 1. The second-order valence-corrected chi connectivity index (χ2v) is 3.87. The van der Waals surface area contributed by atoms with Crippen LogP contribution in [0.4, 0.5) is 0 Å². The van der Waals surface area contributed by atoms with Crippen molar-refractivity contribution in [3.05, 3.63) is 29.8 Å². The quantitative estimate of drug-likeness (QED) is 0.845. The van der Waals surface area contributed by atoms with Crippen molar-refractivity contribution in [2.45, 2.75) is 6.42 Å². The highest BCUT2D eigenvalue weighted by Crippen LogP contribution is 2.13. The van der Waals surface area contributed by atoms with E-state index in [1.165, 1.54) is 0 Å². The van der Waals surface area contributed by atoms with Gasteiger partial charge in [0.2, 0.25) is 0 Å². The van der Waals surface area contributed by atoms with Crippen LogP contribution in [0.5, 0.6) is 5.75 Å². The van der Waals surface area contributed by atoms with Crippen LogP contribution in [0.1, 0.15) is 5.56 Å². The number of aliphatic carboxylic acids is 1. The maximum absolute atomic E-state index is 10.5. The summed E-state index contributed by atoms with van der Waals surface area (Å²) in [5, 5.41) is 8.66. The van der Waals surface area contributed by atoms with E-state index in [1.807, 2.05) is 31.1 Å². The first-order valence-corrected chi connectivity index (χ1v) is 5.16. The van der Waals surface area contributed by atoms with Crippen LogP contribution in [0, 0.1) is 0 Å². The van der Waals surface area contributed by atoms with Gasteiger partial charge in [-0.25, -0.2) is 0 Å². The Kier molecular flexibility index (Phi) is 7.34. The molecule has 0 radical (unpaired) electrons. The summed E-state index contributed by atoms with van der Waals surface area (Å²) < 4.78 is 5.50. The van der Waals surface area contributed by atoms with E-state index in [0.29, 0.717) is 6.61 Å². The number of hydrogen-bond donors (Lipinski definition) is 1. The van der Waals surface area contributed by atoms with E-state index in [2.05, 4.69) is 0 Å². The fourth-order valence-corrected chi connectivity index (χ4v) is 1.27. The monoisotopic (exact) mass is 259 g/mol. The van der Waals surface area contributed by atoms with Crippen LogP contribution in [-0.2, 0) is 11.2 Å². The van der Waals surface area contributed by atoms with Crippen molar-refractivity contribution in [3.63, 3.8) is 0 Å². The summed E-state index contributed by atoms with van der Waals surface area (Å²) in [5.41, 5.74) is 0.759. The summed E-state index contributed by atoms with van der Waals surface area (Å²) in [7, 11) is 3.95. The predicted octanol–water partition coefficient (Wildman–Crippen LogP) is 1.68. The first-order chi connectivity index (χ1) is 7.58. The van der Waals surface area contributed by atoms with Crippen molar-refractivity contribution in [2.75, 3.05) is 27.2 Å². The van der Waals surface area contributed by atoms with Crippen LogP contribution in [0.2, 0.25) is 0 Å². The fraction of sp³-hybridized carbons (Fsp3) is 0.417. The topological polar surface area (TPSA) is 49.8 Å². The zero-order chi connectivity index (χ0) is 12.0. The summed E-state index contributed by atoms with van der Waals surface area (Å²) in [6.45, 7) is 1.44. The van der Waals surface area contributed by atoms with Crippen LogP contribution in [0.15, 0.2) is 24.3 Å². The van der Waals surface area contributed by atoms with Gasteiger partial charge in [0, 0.05) is 6.54 Å². The molecule has 0 unspecified atom stereocenters. The van der Waals surface area contributed by atoms with E-state index in [-0.39, 0.29) is 18.8 Å². The highest BCUT2D eigenvalue weighted by molar-refractivity contribution is 5.85. The zero-order valence-corrected chi connectivity index (χ0v) is 10.9. The highest BCUT2D eigenvalue weighted by Gasteiger charge is 2.02. The third-order valence-electron chi connectivity index (χ3n) is 2.06. The lowest BCUT2D eigenvalue weighted by molar-refractivity contribution is -0.136. The number of carboxylic acid groups (broad SMARTS) is 1. The standard InChI is InChI=1S/C12H17NO3.ClH/c1-13(2)6-7-16-11-5-3-4-10(8-11)9-12(14)15;/h3-5,8H,6-7,9H2,1-2H3,(H,14,15);1H. The summed E-state index contributed by atoms with van der Waals surface area (Å²) in [6.07, 6.45) is 0.0326. The molecule has 0 amide bonds. The first kappa shape index (κ1) is 15.7. The van der Waals surface area contributed by atoms with Crippen LogP contribution in [-0.4, -0.2) is 43.2 Å². The van der Waals surface area contributed by atoms with Crippen molar-refractivity contribution in [1.29, 1.82) is 0 Å². The van der Waals surface area contributed by atoms with Gasteiger partial charge in [-0.1, -0.05) is 12.1 Å². The molecule has 1 N–H and O–H groups in total. The average molecular weight is 260 g/mol. The molecule has 0 spiro atoms. The van der Waals surface area contributed by atoms with Crippen LogP contribution in [0.25, 0.3) is 0 Å². The van der Waals surface area contributed by atoms with Gasteiger partial charge in [0.15, 0.2) is 0 Å². The Morgan fingerprint density at radius 2 is 2.12 bits per heavy atom. The minimum atomic E-state index is -0.828. The molecule has 1 rings (SSSR count). The number of hydrogen-bond acceptors (Lipinski definition) is 3. The Labute approximate surface area is 108 Å². The van der Waals surface area contributed by atoms with Gasteiger partial charge in [-0.2, -0.15) is 0 Å². The van der Waals surface area contributed by atoms with Gasteiger partial charge in [0.05, 0.1) is 6.42 Å². The second-order valence-electron chi connectivity index (χ2n) is 3.87. The van der Waals surface area contributed by atoms with Crippen molar-refractivity contribution in [1.82, 2.24) is 4.90 Å². The van der Waals surface area contributed by atoms with Gasteiger partial charge in [-0.05, 0) is 31.8 Å². The minimum Gasteiger partial charge on any atom is -0.492 e. The predicted molar refractivity (Wildman–Crippen MR) is 69.1 cm³/mol. The zero-order valence-electron chi connectivity index (χ0n) is 10.0. The Morgan fingerprint density at radius 3 is 2.71 bits per heavy atom. The molecule has 0 saturated carbocycles. The molecular weight excluding hydrogens is 242 g/mol. The van der Waals surface area contributed by atoms with Crippen molar-refractivity contribution < 1.29 is 14.6 Å². The van der Waals surface area contributed by atoms with Gasteiger partial charge in [0.1, 0.15) is 12.4 Å². The SMILES string of the molecule is CN(C)CCOc1cccc(CC(=O)O)c1.Cl. The van der Waals surface area contributed by atoms with Gasteiger partial charge in [-0.3, -0.25) is 4.79 Å². The number of benzene rings is 1. The lowest BCUT2D eigenvalue weighted by atomic mass is 10.1. The molecule has 0 aromatic heterocycles. The number of carboxylic acids is 1. The van der Waals surface area contributed by atoms with Crippen LogP contribution < -0.4 is 4.74 Å². The molecule has 0 bridgehead atoms. The van der Waals surface area contributed by atoms with Gasteiger partial charge < -0.3 is 14.7 Å². The van der Waals surface area contributed by atoms with E-state index < -0.39 is 5.97 Å². The number of halogens is 1. The molecular formula is C12H18ClNO3. The Bertz CT molecular complexity index is 355. The molecule has 1 aromatic rings. The molecule has 0 saturated heterocycles. The third kappa shape index (κ3) is 6.81. The molecule has 4 nitrogen and oxygen atoms in total. The molecule has 0 aliphatic carbocycles. The molecule has 0 heterocycles. The van der Waals surface area contributed by atoms with Crippen molar-refractivity contribution in [3.8, 4) is 5.75 Å². The second kappa shape index (κ2) is 7.92. The first-order valence-electron chi connectivity index (χ1n) is 5.16. The highest BCUT2D eigenvalue weighted by atomic mass is 35.5. The molecule has 96 valence electrons. The number of nitrogens with zero attached hydrogens (tertiary/aromatic N) is 1. The van der Waals surface area contributed by atoms with Gasteiger partial charge in [-0.15, -0.1) is 12.4 Å². The number of likely N-dealkylation sites (N-methyl/N-ethyl adjacent to an activating group) is 1. The summed E-state index contributed by atoms with van der Waals surface area (Å²) in [5.74, 6) is -0.106. The fourth-order valence-electron chi connectivity index (χ4n) is 1.27. The van der Waals surface area contributed by atoms with E-state index in [1.54, 1.807) is 12.1 Å². The minimum absolute atomic E-state index is 0. The molecule has 5 heteroatoms. The molecule has 1 aromatic carbocycles. The lowest BCUT2D eigenvalue weighted by Crippen LogP contribution is -2.19. The Hall–Kier alpha value is -1.26. The summed E-state index contributed by atoms with van der Waals surface area (Å²) >= 11 is 0. The van der Waals surface area contributed by atoms with Crippen LogP contribution >= 0.6 is 12.4 Å². The van der Waals surface area contributed by atoms with E-state index in [9.17, 15) is 4.79 Å². The Balaban J connectivity index is 0.00000256. The van der Waals surface area contributed by atoms with Crippen LogP contribution in [0.3, 0.4) is 0 Å². The van der Waals surface area contributed by atoms with Crippen molar-refractivity contribution in [2.24, 2.45) is 0 Å². The maximum atomic E-state index is 10.5. The van der Waals surface area contributed by atoms with E-state index in [4.69, 9.17) is 9.84 Å². The third-order valence-corrected chi connectivity index (χ3v) is 2.06.